The standard InChI is InChI=1S/C65H104O5/c1-4-7-10-13-16-19-22-25-28-31-32-33-36-39-42-45-48-51-54-57-60-68-61-63(70-65(67)59-56-53-50-47-44-41-38-35-30-27-24-21-18-15-12-9-6-3)62-69-64(66)58-55-52-49-46-43-40-37-34-29-26-23-20-17-14-11-8-5-2/h7-12,16-21,25-30,32-33,39,42,48,51,63H,4-6,13-15,22-24,31,34-38,40-41,43-47,49-50,52-62H2,1-3H3/b10-7-,11-8-,12-9-,19-16-,20-17-,21-18-,28-25-,29-26-,30-27-,33-32-,42-39-,51-48-. The molecule has 5 nitrogen and oxygen atoms in total. The minimum atomic E-state index is -0.588. The van der Waals surface area contributed by atoms with Crippen LogP contribution in [-0.4, -0.2) is 37.9 Å². The van der Waals surface area contributed by atoms with Gasteiger partial charge < -0.3 is 14.2 Å². The molecule has 394 valence electrons. The SMILES string of the molecule is CC/C=C\C/C=C\C/C=C\C/C=C\C/C=C\C/C=C\CCCOCC(COC(=O)CCCCCCCCC/C=C\C/C=C\C/C=C\CC)OC(=O)CCCCCCCCC/C=C\C/C=C\C/C=C\CC. The van der Waals surface area contributed by atoms with Gasteiger partial charge in [-0.05, 0) is 128 Å². The zero-order valence-corrected chi connectivity index (χ0v) is 45.2. The molecule has 0 aromatic rings. The average Bonchev–Trinajstić information content (AvgIpc) is 3.36. The smallest absolute Gasteiger partial charge is 0.306 e. The Morgan fingerprint density at radius 2 is 0.600 bits per heavy atom. The largest absolute Gasteiger partial charge is 0.462 e. The number of ether oxygens (including phenoxy) is 3. The average molecular weight is 966 g/mol. The van der Waals surface area contributed by atoms with Crippen molar-refractivity contribution < 1.29 is 23.8 Å². The first-order chi connectivity index (χ1) is 34.6. The highest BCUT2D eigenvalue weighted by Crippen LogP contribution is 2.13. The van der Waals surface area contributed by atoms with Crippen molar-refractivity contribution in [3.8, 4) is 0 Å². The number of unbranched alkanes of at least 4 members (excludes halogenated alkanes) is 15. The minimum Gasteiger partial charge on any atom is -0.462 e. The summed E-state index contributed by atoms with van der Waals surface area (Å²) < 4.78 is 17.4. The van der Waals surface area contributed by atoms with E-state index in [9.17, 15) is 9.59 Å². The van der Waals surface area contributed by atoms with E-state index in [4.69, 9.17) is 14.2 Å². The molecular formula is C65H104O5. The van der Waals surface area contributed by atoms with E-state index in [1.807, 2.05) is 0 Å². The van der Waals surface area contributed by atoms with Crippen LogP contribution in [0.15, 0.2) is 146 Å². The molecule has 0 heterocycles. The predicted molar refractivity (Wildman–Crippen MR) is 306 cm³/mol. The first kappa shape index (κ1) is 65.8. The maximum Gasteiger partial charge on any atom is 0.306 e. The monoisotopic (exact) mass is 965 g/mol. The van der Waals surface area contributed by atoms with E-state index >= 15 is 0 Å². The van der Waals surface area contributed by atoms with Crippen LogP contribution in [0.3, 0.4) is 0 Å². The van der Waals surface area contributed by atoms with Crippen molar-refractivity contribution in [2.45, 2.75) is 232 Å². The molecule has 1 atom stereocenters. The fraction of sp³-hybridized carbons (Fsp3) is 0.600. The van der Waals surface area contributed by atoms with Gasteiger partial charge in [0.1, 0.15) is 6.61 Å². The van der Waals surface area contributed by atoms with Crippen LogP contribution in [0, 0.1) is 0 Å². The van der Waals surface area contributed by atoms with E-state index in [1.54, 1.807) is 0 Å². The fourth-order valence-corrected chi connectivity index (χ4v) is 7.26. The van der Waals surface area contributed by atoms with Gasteiger partial charge in [-0.3, -0.25) is 9.59 Å². The molecule has 0 aliphatic heterocycles. The van der Waals surface area contributed by atoms with Gasteiger partial charge in [-0.1, -0.05) is 231 Å². The number of rotatable bonds is 50. The number of hydrogen-bond acceptors (Lipinski definition) is 5. The lowest BCUT2D eigenvalue weighted by Gasteiger charge is -2.18. The van der Waals surface area contributed by atoms with Gasteiger partial charge in [0.25, 0.3) is 0 Å². The van der Waals surface area contributed by atoms with Crippen LogP contribution in [0.1, 0.15) is 226 Å². The van der Waals surface area contributed by atoms with E-state index < -0.39 is 6.10 Å². The summed E-state index contributed by atoms with van der Waals surface area (Å²) in [5.74, 6) is -0.460. The first-order valence-corrected chi connectivity index (χ1v) is 28.4. The van der Waals surface area contributed by atoms with Crippen LogP contribution in [0.25, 0.3) is 0 Å². The maximum absolute atomic E-state index is 12.9. The van der Waals surface area contributed by atoms with Gasteiger partial charge in [-0.25, -0.2) is 0 Å². The summed E-state index contributed by atoms with van der Waals surface area (Å²) in [6.45, 7) is 7.32. The van der Waals surface area contributed by atoms with Crippen molar-refractivity contribution >= 4 is 11.9 Å². The molecule has 0 N–H and O–H groups in total. The van der Waals surface area contributed by atoms with Crippen molar-refractivity contribution in [3.05, 3.63) is 146 Å². The molecule has 0 saturated carbocycles. The molecule has 0 fully saturated rings. The number of esters is 2. The van der Waals surface area contributed by atoms with Gasteiger partial charge in [-0.2, -0.15) is 0 Å². The third kappa shape index (κ3) is 56.4. The molecule has 0 aromatic carbocycles. The topological polar surface area (TPSA) is 61.8 Å². The highest BCUT2D eigenvalue weighted by molar-refractivity contribution is 5.70. The summed E-state index contributed by atoms with van der Waals surface area (Å²) >= 11 is 0. The molecule has 0 saturated heterocycles. The lowest BCUT2D eigenvalue weighted by Crippen LogP contribution is -2.30. The van der Waals surface area contributed by atoms with E-state index in [0.717, 1.165) is 141 Å². The highest BCUT2D eigenvalue weighted by Gasteiger charge is 2.17. The normalized spacial score (nSPS) is 13.4. The summed E-state index contributed by atoms with van der Waals surface area (Å²) in [7, 11) is 0. The Morgan fingerprint density at radius 1 is 0.314 bits per heavy atom. The van der Waals surface area contributed by atoms with Gasteiger partial charge in [-0.15, -0.1) is 0 Å². The van der Waals surface area contributed by atoms with E-state index in [0.29, 0.717) is 19.4 Å². The minimum absolute atomic E-state index is 0.0429. The van der Waals surface area contributed by atoms with Crippen molar-refractivity contribution in [1.82, 2.24) is 0 Å². The summed E-state index contributed by atoms with van der Waals surface area (Å²) in [4.78, 5) is 25.5. The third-order valence-electron chi connectivity index (χ3n) is 11.4. The van der Waals surface area contributed by atoms with Crippen LogP contribution in [0.4, 0.5) is 0 Å². The summed E-state index contributed by atoms with van der Waals surface area (Å²) in [6.07, 6.45) is 85.9. The lowest BCUT2D eigenvalue weighted by atomic mass is 10.1. The van der Waals surface area contributed by atoms with Crippen molar-refractivity contribution in [3.63, 3.8) is 0 Å². The number of hydrogen-bond donors (Lipinski definition) is 0. The van der Waals surface area contributed by atoms with Crippen LogP contribution < -0.4 is 0 Å². The molecule has 0 bridgehead atoms. The second-order valence-electron chi connectivity index (χ2n) is 18.0. The van der Waals surface area contributed by atoms with Crippen molar-refractivity contribution in [1.29, 1.82) is 0 Å². The number of carbonyl (C=O) groups excluding carboxylic acids is 2. The molecule has 0 aliphatic carbocycles. The third-order valence-corrected chi connectivity index (χ3v) is 11.4. The Kier molecular flexibility index (Phi) is 55.5. The first-order valence-electron chi connectivity index (χ1n) is 28.4. The van der Waals surface area contributed by atoms with Gasteiger partial charge in [0.05, 0.1) is 6.61 Å². The highest BCUT2D eigenvalue weighted by atomic mass is 16.6. The Labute approximate surface area is 431 Å². The maximum atomic E-state index is 12.9. The van der Waals surface area contributed by atoms with Gasteiger partial charge in [0.15, 0.2) is 6.10 Å². The second kappa shape index (κ2) is 59.1. The second-order valence-corrected chi connectivity index (χ2v) is 18.0. The predicted octanol–water partition coefficient (Wildman–Crippen LogP) is 19.7. The zero-order chi connectivity index (χ0) is 50.6. The van der Waals surface area contributed by atoms with Crippen molar-refractivity contribution in [2.24, 2.45) is 0 Å². The summed E-state index contributed by atoms with van der Waals surface area (Å²) in [5.41, 5.74) is 0. The molecule has 0 spiro atoms. The molecule has 5 heteroatoms. The van der Waals surface area contributed by atoms with Gasteiger partial charge >= 0.3 is 11.9 Å². The molecule has 0 rings (SSSR count). The Bertz CT molecular complexity index is 1510. The molecule has 0 aromatic heterocycles. The van der Waals surface area contributed by atoms with Crippen LogP contribution >= 0.6 is 0 Å². The summed E-state index contributed by atoms with van der Waals surface area (Å²) in [6, 6.07) is 0. The van der Waals surface area contributed by atoms with Crippen LogP contribution in [0.2, 0.25) is 0 Å². The molecule has 70 heavy (non-hydrogen) atoms. The molecular weight excluding hydrogens is 861 g/mol. The Hall–Kier alpha value is -4.22. The molecule has 0 aliphatic rings. The number of allylic oxidation sites excluding steroid dienone is 24. The van der Waals surface area contributed by atoms with Gasteiger partial charge in [0.2, 0.25) is 0 Å². The van der Waals surface area contributed by atoms with Crippen LogP contribution in [-0.2, 0) is 23.8 Å². The molecule has 0 amide bonds. The molecule has 1 unspecified atom stereocenters. The van der Waals surface area contributed by atoms with Crippen molar-refractivity contribution in [2.75, 3.05) is 19.8 Å². The Morgan fingerprint density at radius 3 is 0.957 bits per heavy atom. The summed E-state index contributed by atoms with van der Waals surface area (Å²) in [5, 5.41) is 0. The van der Waals surface area contributed by atoms with E-state index in [-0.39, 0.29) is 25.2 Å². The zero-order valence-electron chi connectivity index (χ0n) is 45.2. The number of carbonyl (C=O) groups is 2. The van der Waals surface area contributed by atoms with Gasteiger partial charge in [0, 0.05) is 19.4 Å². The molecule has 0 radical (unpaired) electrons. The van der Waals surface area contributed by atoms with Crippen LogP contribution in [0.5, 0.6) is 0 Å². The quantitative estimate of drug-likeness (QED) is 0.0345. The van der Waals surface area contributed by atoms with E-state index in [1.165, 1.54) is 51.4 Å². The lowest BCUT2D eigenvalue weighted by molar-refractivity contribution is -0.163. The Balaban J connectivity index is 4.45. The fourth-order valence-electron chi connectivity index (χ4n) is 7.26. The van der Waals surface area contributed by atoms with E-state index in [2.05, 4.69) is 167 Å².